The van der Waals surface area contributed by atoms with Crippen LogP contribution in [0, 0.1) is 20.8 Å². The lowest BCUT2D eigenvalue weighted by atomic mass is 10.1. The predicted molar refractivity (Wildman–Crippen MR) is 70.9 cm³/mol. The molecule has 2 heterocycles. The van der Waals surface area contributed by atoms with Crippen molar-refractivity contribution in [2.75, 3.05) is 6.54 Å². The number of hydrogen-bond acceptors (Lipinski definition) is 5. The zero-order chi connectivity index (χ0) is 13.4. The van der Waals surface area contributed by atoms with Crippen LogP contribution in [0.4, 0.5) is 0 Å². The lowest BCUT2D eigenvalue weighted by Crippen LogP contribution is -2.19. The molecule has 0 unspecified atom stereocenters. The van der Waals surface area contributed by atoms with E-state index in [1.807, 2.05) is 20.8 Å². The minimum Gasteiger partial charge on any atom is -0.466 e. The third-order valence-corrected chi connectivity index (χ3v) is 3.59. The summed E-state index contributed by atoms with van der Waals surface area (Å²) in [5.74, 6) is 2.98. The van der Waals surface area contributed by atoms with E-state index in [-0.39, 0.29) is 0 Å². The van der Waals surface area contributed by atoms with Crippen molar-refractivity contribution in [3.8, 4) is 11.5 Å². The minimum absolute atomic E-state index is 0.563. The van der Waals surface area contributed by atoms with Crippen LogP contribution >= 0.6 is 0 Å². The van der Waals surface area contributed by atoms with Gasteiger partial charge in [0.05, 0.1) is 5.56 Å². The summed E-state index contributed by atoms with van der Waals surface area (Å²) in [7, 11) is 0. The zero-order valence-electron chi connectivity index (χ0n) is 11.6. The van der Waals surface area contributed by atoms with E-state index >= 15 is 0 Å². The Hall–Kier alpha value is -1.62. The van der Waals surface area contributed by atoms with Gasteiger partial charge in [0, 0.05) is 24.6 Å². The van der Waals surface area contributed by atoms with Crippen LogP contribution in [0.25, 0.3) is 11.5 Å². The van der Waals surface area contributed by atoms with Gasteiger partial charge < -0.3 is 14.2 Å². The van der Waals surface area contributed by atoms with E-state index < -0.39 is 0 Å². The zero-order valence-corrected chi connectivity index (χ0v) is 11.6. The molecule has 19 heavy (non-hydrogen) atoms. The highest BCUT2D eigenvalue weighted by Gasteiger charge is 2.21. The van der Waals surface area contributed by atoms with Crippen molar-refractivity contribution in [1.82, 2.24) is 15.5 Å². The van der Waals surface area contributed by atoms with Crippen molar-refractivity contribution < 1.29 is 8.83 Å². The maximum Gasteiger partial charge on any atom is 0.251 e. The highest BCUT2D eigenvalue weighted by Crippen LogP contribution is 2.30. The van der Waals surface area contributed by atoms with Gasteiger partial charge in [-0.05, 0) is 33.6 Å². The highest BCUT2D eigenvalue weighted by atomic mass is 16.4. The van der Waals surface area contributed by atoms with Gasteiger partial charge >= 0.3 is 0 Å². The summed E-state index contributed by atoms with van der Waals surface area (Å²) in [6.45, 7) is 6.78. The summed E-state index contributed by atoms with van der Waals surface area (Å²) in [5, 5.41) is 11.7. The molecule has 5 heteroatoms. The first-order chi connectivity index (χ1) is 9.15. The van der Waals surface area contributed by atoms with Crippen LogP contribution < -0.4 is 5.32 Å². The second-order valence-electron chi connectivity index (χ2n) is 5.19. The summed E-state index contributed by atoms with van der Waals surface area (Å²) in [5.41, 5.74) is 2.01. The number of nitrogens with one attached hydrogen (secondary N) is 1. The van der Waals surface area contributed by atoms with E-state index in [2.05, 4.69) is 15.5 Å². The van der Waals surface area contributed by atoms with Crippen LogP contribution in [-0.4, -0.2) is 22.8 Å². The Bertz CT molecular complexity index is 582. The van der Waals surface area contributed by atoms with Gasteiger partial charge in [0.1, 0.15) is 11.5 Å². The van der Waals surface area contributed by atoms with Gasteiger partial charge in [-0.15, -0.1) is 10.2 Å². The first kappa shape index (κ1) is 12.4. The molecule has 0 spiro atoms. The fraction of sp³-hybridized carbons (Fsp3) is 0.571. The quantitative estimate of drug-likeness (QED) is 0.896. The average molecular weight is 261 g/mol. The van der Waals surface area contributed by atoms with Gasteiger partial charge in [-0.2, -0.15) is 0 Å². The normalized spacial score (nSPS) is 15.1. The molecule has 0 aromatic carbocycles. The third kappa shape index (κ3) is 2.56. The van der Waals surface area contributed by atoms with E-state index in [9.17, 15) is 0 Å². The standard InChI is InChI=1S/C14H19N3O2/c1-8-9(2)18-10(3)13(8)14-17-16-12(19-14)6-7-15-11-4-5-11/h11,15H,4-7H2,1-3H3. The maximum atomic E-state index is 5.72. The molecular weight excluding hydrogens is 242 g/mol. The SMILES string of the molecule is Cc1oc(C)c(-c2nnc(CCNC3CC3)o2)c1C. The monoisotopic (exact) mass is 261 g/mol. The van der Waals surface area contributed by atoms with E-state index in [0.29, 0.717) is 17.8 Å². The molecule has 0 amide bonds. The van der Waals surface area contributed by atoms with Gasteiger partial charge in [-0.25, -0.2) is 0 Å². The molecule has 102 valence electrons. The van der Waals surface area contributed by atoms with Crippen LogP contribution in [0.1, 0.15) is 35.8 Å². The van der Waals surface area contributed by atoms with Crippen LogP contribution in [0.15, 0.2) is 8.83 Å². The molecule has 0 radical (unpaired) electrons. The Morgan fingerprint density at radius 2 is 1.89 bits per heavy atom. The largest absolute Gasteiger partial charge is 0.466 e. The van der Waals surface area contributed by atoms with Gasteiger partial charge in [-0.3, -0.25) is 0 Å². The smallest absolute Gasteiger partial charge is 0.251 e. The average Bonchev–Trinajstić information content (AvgIpc) is 3.01. The fourth-order valence-corrected chi connectivity index (χ4v) is 2.23. The van der Waals surface area contributed by atoms with Crippen molar-refractivity contribution >= 4 is 0 Å². The Labute approximate surface area is 112 Å². The fourth-order valence-electron chi connectivity index (χ4n) is 2.23. The van der Waals surface area contributed by atoms with Crippen molar-refractivity contribution in [3.05, 3.63) is 23.0 Å². The molecule has 2 aromatic heterocycles. The van der Waals surface area contributed by atoms with Gasteiger partial charge in [0.15, 0.2) is 0 Å². The second-order valence-corrected chi connectivity index (χ2v) is 5.19. The van der Waals surface area contributed by atoms with E-state index in [4.69, 9.17) is 8.83 Å². The molecule has 1 saturated carbocycles. The summed E-state index contributed by atoms with van der Waals surface area (Å²) < 4.78 is 11.3. The number of aryl methyl sites for hydroxylation is 2. The number of hydrogen-bond donors (Lipinski definition) is 1. The summed E-state index contributed by atoms with van der Waals surface area (Å²) in [6, 6.07) is 0.711. The van der Waals surface area contributed by atoms with E-state index in [1.54, 1.807) is 0 Å². The molecule has 1 aliphatic rings. The Balaban J connectivity index is 1.72. The summed E-state index contributed by atoms with van der Waals surface area (Å²) >= 11 is 0. The van der Waals surface area contributed by atoms with Gasteiger partial charge in [0.2, 0.25) is 5.89 Å². The first-order valence-electron chi connectivity index (χ1n) is 6.78. The first-order valence-corrected chi connectivity index (χ1v) is 6.78. The minimum atomic E-state index is 0.563. The van der Waals surface area contributed by atoms with E-state index in [0.717, 1.165) is 35.6 Å². The molecule has 1 fully saturated rings. The number of aromatic nitrogens is 2. The topological polar surface area (TPSA) is 64.1 Å². The maximum absolute atomic E-state index is 5.72. The molecule has 3 rings (SSSR count). The molecule has 2 aromatic rings. The van der Waals surface area contributed by atoms with Crippen molar-refractivity contribution in [2.45, 2.75) is 46.1 Å². The van der Waals surface area contributed by atoms with Crippen molar-refractivity contribution in [1.29, 1.82) is 0 Å². The Morgan fingerprint density at radius 1 is 1.11 bits per heavy atom. The van der Waals surface area contributed by atoms with Gasteiger partial charge in [0.25, 0.3) is 5.89 Å². The lowest BCUT2D eigenvalue weighted by Gasteiger charge is -1.98. The van der Waals surface area contributed by atoms with Crippen molar-refractivity contribution in [3.63, 3.8) is 0 Å². The predicted octanol–water partition coefficient (Wildman–Crippen LogP) is 2.55. The molecule has 0 saturated heterocycles. The number of rotatable bonds is 5. The third-order valence-electron chi connectivity index (χ3n) is 3.59. The Morgan fingerprint density at radius 3 is 2.53 bits per heavy atom. The lowest BCUT2D eigenvalue weighted by molar-refractivity contribution is 0.487. The molecule has 0 aliphatic heterocycles. The molecule has 0 bridgehead atoms. The van der Waals surface area contributed by atoms with Crippen LogP contribution in [-0.2, 0) is 6.42 Å². The number of furan rings is 1. The molecule has 1 N–H and O–H groups in total. The molecule has 1 aliphatic carbocycles. The Kier molecular flexibility index (Phi) is 3.14. The summed E-state index contributed by atoms with van der Waals surface area (Å²) in [6.07, 6.45) is 3.36. The summed E-state index contributed by atoms with van der Waals surface area (Å²) in [4.78, 5) is 0. The highest BCUT2D eigenvalue weighted by molar-refractivity contribution is 5.61. The van der Waals surface area contributed by atoms with Crippen LogP contribution in [0.5, 0.6) is 0 Å². The molecule has 5 nitrogen and oxygen atoms in total. The van der Waals surface area contributed by atoms with Crippen LogP contribution in [0.3, 0.4) is 0 Å². The van der Waals surface area contributed by atoms with Crippen molar-refractivity contribution in [2.24, 2.45) is 0 Å². The molecule has 0 atom stereocenters. The van der Waals surface area contributed by atoms with Gasteiger partial charge in [-0.1, -0.05) is 0 Å². The van der Waals surface area contributed by atoms with E-state index in [1.165, 1.54) is 12.8 Å². The molecular formula is C14H19N3O2. The van der Waals surface area contributed by atoms with Crippen LogP contribution in [0.2, 0.25) is 0 Å². The number of nitrogens with zero attached hydrogens (tertiary/aromatic N) is 2. The second kappa shape index (κ2) is 4.81.